The molecule has 0 atom stereocenters. The second-order valence-corrected chi connectivity index (χ2v) is 6.09. The topological polar surface area (TPSA) is 35.2 Å². The Morgan fingerprint density at radius 3 is 2.68 bits per heavy atom. The third-order valence-corrected chi connectivity index (χ3v) is 4.38. The molecule has 0 unspecified atom stereocenters. The van der Waals surface area contributed by atoms with E-state index in [0.29, 0.717) is 22.9 Å². The van der Waals surface area contributed by atoms with Crippen molar-refractivity contribution in [2.24, 2.45) is 5.73 Å². The lowest BCUT2D eigenvalue weighted by Crippen LogP contribution is -2.12. The number of thiophene rings is 1. The zero-order valence-corrected chi connectivity index (χ0v) is 12.9. The number of ether oxygens (including phenoxy) is 1. The van der Waals surface area contributed by atoms with Gasteiger partial charge in [-0.3, -0.25) is 0 Å². The van der Waals surface area contributed by atoms with Crippen LogP contribution in [0.4, 0.5) is 0 Å². The van der Waals surface area contributed by atoms with Crippen LogP contribution in [0.25, 0.3) is 0 Å². The van der Waals surface area contributed by atoms with Crippen molar-refractivity contribution in [1.29, 1.82) is 0 Å². The average Bonchev–Trinajstić information content (AvgIpc) is 2.83. The first-order chi connectivity index (χ1) is 9.11. The Morgan fingerprint density at radius 1 is 1.32 bits per heavy atom. The summed E-state index contributed by atoms with van der Waals surface area (Å²) in [4.78, 5) is 2.77. The van der Waals surface area contributed by atoms with Crippen LogP contribution in [0.5, 0.6) is 5.75 Å². The predicted molar refractivity (Wildman–Crippen MR) is 85.4 cm³/mol. The average molecular weight is 312 g/mol. The third kappa shape index (κ3) is 3.47. The Kier molecular flexibility index (Phi) is 4.80. The minimum atomic E-state index is 0.251. The van der Waals surface area contributed by atoms with Gasteiger partial charge in [-0.2, -0.15) is 0 Å². The van der Waals surface area contributed by atoms with Crippen molar-refractivity contribution in [2.45, 2.75) is 20.0 Å². The molecule has 5 heteroatoms. The van der Waals surface area contributed by atoms with Crippen molar-refractivity contribution in [3.63, 3.8) is 0 Å². The second-order valence-electron chi connectivity index (χ2n) is 3.99. The van der Waals surface area contributed by atoms with E-state index in [2.05, 4.69) is 19.1 Å². The summed E-state index contributed by atoms with van der Waals surface area (Å²) in [6, 6.07) is 9.60. The summed E-state index contributed by atoms with van der Waals surface area (Å²) in [5.74, 6) is 0.631. The summed E-state index contributed by atoms with van der Waals surface area (Å²) in [5.41, 5.74) is 6.28. The van der Waals surface area contributed by atoms with Gasteiger partial charge in [0.05, 0.1) is 10.6 Å². The molecular weight excluding hydrogens is 298 g/mol. The Balaban J connectivity index is 2.15. The van der Waals surface area contributed by atoms with E-state index >= 15 is 0 Å². The molecule has 2 nitrogen and oxygen atoms in total. The summed E-state index contributed by atoms with van der Waals surface area (Å²) in [5, 5.41) is 0.519. The lowest BCUT2D eigenvalue weighted by atomic mass is 10.2. The lowest BCUT2D eigenvalue weighted by molar-refractivity contribution is 0.309. The van der Waals surface area contributed by atoms with Crippen LogP contribution in [0.1, 0.15) is 22.2 Å². The fraction of sp³-hybridized carbons (Fsp3) is 0.214. The number of benzene rings is 1. The summed E-state index contributed by atoms with van der Waals surface area (Å²) in [6.45, 7) is 2.64. The Hall–Kier alpha value is -1.10. The molecule has 1 aromatic carbocycles. The number of rotatable bonds is 5. The van der Waals surface area contributed by atoms with Gasteiger partial charge in [0.25, 0.3) is 0 Å². The van der Waals surface area contributed by atoms with Crippen LogP contribution in [-0.4, -0.2) is 4.99 Å². The van der Waals surface area contributed by atoms with Crippen molar-refractivity contribution >= 4 is 40.1 Å². The van der Waals surface area contributed by atoms with Crippen molar-refractivity contribution in [3.05, 3.63) is 50.7 Å². The van der Waals surface area contributed by atoms with Gasteiger partial charge in [-0.1, -0.05) is 36.8 Å². The van der Waals surface area contributed by atoms with Crippen LogP contribution in [0, 0.1) is 0 Å². The lowest BCUT2D eigenvalue weighted by Gasteiger charge is -2.11. The summed E-state index contributed by atoms with van der Waals surface area (Å²) in [6.07, 6.45) is 1.04. The molecule has 0 radical (unpaired) electrons. The van der Waals surface area contributed by atoms with E-state index in [1.165, 1.54) is 9.75 Å². The fourth-order valence-electron chi connectivity index (χ4n) is 1.70. The number of hydrogen-bond acceptors (Lipinski definition) is 3. The molecule has 100 valence electrons. The molecule has 0 saturated carbocycles. The largest absolute Gasteiger partial charge is 0.487 e. The van der Waals surface area contributed by atoms with E-state index < -0.39 is 0 Å². The second kappa shape index (κ2) is 6.37. The Morgan fingerprint density at radius 2 is 2.05 bits per heavy atom. The molecule has 0 amide bonds. The van der Waals surface area contributed by atoms with E-state index in [1.54, 1.807) is 17.4 Å². The van der Waals surface area contributed by atoms with Gasteiger partial charge < -0.3 is 10.5 Å². The highest BCUT2D eigenvalue weighted by Crippen LogP contribution is 2.28. The van der Waals surface area contributed by atoms with E-state index in [-0.39, 0.29) is 4.99 Å². The van der Waals surface area contributed by atoms with Gasteiger partial charge >= 0.3 is 0 Å². The highest BCUT2D eigenvalue weighted by atomic mass is 35.5. The normalized spacial score (nSPS) is 10.4. The standard InChI is InChI=1S/C14H14ClNOS2/c1-2-9-6-7-10(19-9)8-17-12-5-3-4-11(15)13(12)14(16)18/h3-7H,2,8H2,1H3,(H2,16,18). The first-order valence-electron chi connectivity index (χ1n) is 5.90. The molecule has 0 spiro atoms. The maximum atomic E-state index is 6.09. The number of nitrogens with two attached hydrogens (primary N) is 1. The van der Waals surface area contributed by atoms with Crippen molar-refractivity contribution in [1.82, 2.24) is 0 Å². The molecule has 0 aliphatic carbocycles. The smallest absolute Gasteiger partial charge is 0.131 e. The predicted octanol–water partition coefficient (Wildman–Crippen LogP) is 4.18. The Bertz CT molecular complexity index is 595. The zero-order valence-electron chi connectivity index (χ0n) is 10.5. The third-order valence-electron chi connectivity index (χ3n) is 2.66. The van der Waals surface area contributed by atoms with Crippen LogP contribution in [0.2, 0.25) is 5.02 Å². The molecule has 0 saturated heterocycles. The van der Waals surface area contributed by atoms with Crippen LogP contribution in [0.3, 0.4) is 0 Å². The van der Waals surface area contributed by atoms with Crippen LogP contribution in [-0.2, 0) is 13.0 Å². The number of hydrogen-bond donors (Lipinski definition) is 1. The molecule has 0 fully saturated rings. The molecule has 1 aromatic heterocycles. The van der Waals surface area contributed by atoms with E-state index in [4.69, 9.17) is 34.3 Å². The highest BCUT2D eigenvalue weighted by Gasteiger charge is 2.11. The van der Waals surface area contributed by atoms with E-state index in [0.717, 1.165) is 6.42 Å². The minimum absolute atomic E-state index is 0.251. The van der Waals surface area contributed by atoms with Gasteiger partial charge in [0.2, 0.25) is 0 Å². The molecule has 1 heterocycles. The molecular formula is C14H14ClNOS2. The van der Waals surface area contributed by atoms with Crippen LogP contribution in [0.15, 0.2) is 30.3 Å². The minimum Gasteiger partial charge on any atom is -0.487 e. The van der Waals surface area contributed by atoms with Crippen molar-refractivity contribution < 1.29 is 4.74 Å². The first kappa shape index (κ1) is 14.3. The summed E-state index contributed by atoms with van der Waals surface area (Å²) in [7, 11) is 0. The fourth-order valence-corrected chi connectivity index (χ4v) is 3.11. The molecule has 2 aromatic rings. The molecule has 0 aliphatic heterocycles. The monoisotopic (exact) mass is 311 g/mol. The first-order valence-corrected chi connectivity index (χ1v) is 7.50. The molecule has 0 bridgehead atoms. The van der Waals surface area contributed by atoms with Gasteiger partial charge in [-0.15, -0.1) is 11.3 Å². The molecule has 19 heavy (non-hydrogen) atoms. The van der Waals surface area contributed by atoms with Gasteiger partial charge in [0.1, 0.15) is 17.3 Å². The number of halogens is 1. The van der Waals surface area contributed by atoms with E-state index in [9.17, 15) is 0 Å². The van der Waals surface area contributed by atoms with Gasteiger partial charge in [-0.25, -0.2) is 0 Å². The van der Waals surface area contributed by atoms with Crippen molar-refractivity contribution in [3.8, 4) is 5.75 Å². The summed E-state index contributed by atoms with van der Waals surface area (Å²) < 4.78 is 5.78. The SMILES string of the molecule is CCc1ccc(COc2cccc(Cl)c2C(N)=S)s1. The van der Waals surface area contributed by atoms with Crippen molar-refractivity contribution in [2.75, 3.05) is 0 Å². The van der Waals surface area contributed by atoms with Crippen LogP contribution >= 0.6 is 35.2 Å². The maximum Gasteiger partial charge on any atom is 0.131 e. The van der Waals surface area contributed by atoms with E-state index in [1.807, 2.05) is 12.1 Å². The Labute approximate surface area is 127 Å². The summed E-state index contributed by atoms with van der Waals surface area (Å²) >= 11 is 12.8. The maximum absolute atomic E-state index is 6.09. The van der Waals surface area contributed by atoms with Gasteiger partial charge in [-0.05, 0) is 30.7 Å². The number of aryl methyl sites for hydroxylation is 1. The van der Waals surface area contributed by atoms with Crippen LogP contribution < -0.4 is 10.5 Å². The highest BCUT2D eigenvalue weighted by molar-refractivity contribution is 7.80. The molecule has 2 rings (SSSR count). The zero-order chi connectivity index (χ0) is 13.8. The quantitative estimate of drug-likeness (QED) is 0.841. The van der Waals surface area contributed by atoms with Gasteiger partial charge in [0.15, 0.2) is 0 Å². The molecule has 2 N–H and O–H groups in total. The van der Waals surface area contributed by atoms with Gasteiger partial charge in [0, 0.05) is 9.75 Å². The number of thiocarbonyl (C=S) groups is 1. The molecule has 0 aliphatic rings.